The Kier molecular flexibility index (Phi) is 7.15. The van der Waals surface area contributed by atoms with E-state index < -0.39 is 12.1 Å². The molecule has 0 heterocycles. The molecule has 2 N–H and O–H groups in total. The predicted molar refractivity (Wildman–Crippen MR) is 134 cm³/mol. The van der Waals surface area contributed by atoms with E-state index in [0.717, 1.165) is 27.8 Å². The van der Waals surface area contributed by atoms with Crippen LogP contribution < -0.4 is 5.32 Å². The number of nitrogens with one attached hydrogen (secondary N) is 1. The van der Waals surface area contributed by atoms with Crippen molar-refractivity contribution in [3.8, 4) is 11.1 Å². The zero-order valence-electron chi connectivity index (χ0n) is 19.8. The van der Waals surface area contributed by atoms with Gasteiger partial charge in [-0.1, -0.05) is 61.5 Å². The van der Waals surface area contributed by atoms with Crippen LogP contribution in [0, 0.1) is 0 Å². The van der Waals surface area contributed by atoms with Crippen LogP contribution in [0.3, 0.4) is 0 Å². The van der Waals surface area contributed by atoms with Crippen molar-refractivity contribution in [2.24, 2.45) is 0 Å². The second-order valence-corrected chi connectivity index (χ2v) is 8.55. The Balaban J connectivity index is 1.49. The van der Waals surface area contributed by atoms with E-state index in [2.05, 4.69) is 29.6 Å². The summed E-state index contributed by atoms with van der Waals surface area (Å²) in [6.45, 7) is 2.19. The Morgan fingerprint density at radius 3 is 2.20 bits per heavy atom. The van der Waals surface area contributed by atoms with E-state index in [0.29, 0.717) is 17.7 Å². The molecule has 4 rings (SSSR count). The first-order valence-corrected chi connectivity index (χ1v) is 11.6. The van der Waals surface area contributed by atoms with Crippen LogP contribution in [0.4, 0.5) is 10.5 Å². The smallest absolute Gasteiger partial charge is 0.411 e. The fraction of sp³-hybridized carbons (Fsp3) is 0.250. The molecule has 0 aliphatic heterocycles. The van der Waals surface area contributed by atoms with Gasteiger partial charge in [0.05, 0.1) is 17.7 Å². The highest BCUT2D eigenvalue weighted by Gasteiger charge is 2.29. The standard InChI is InChI=1S/C28H28N2O5/c1-3-18-12-13-25(23(16-18)27(33)30(2)15-14-26(31)32)29-28(34)35-17-24-21-10-6-4-8-19(21)20-9-5-7-11-22(20)24/h4-13,16,24H,3,14-15,17H2,1-2H3,(H,29,34)(H,31,32). The average molecular weight is 473 g/mol. The molecule has 3 aromatic carbocycles. The lowest BCUT2D eigenvalue weighted by atomic mass is 9.98. The number of rotatable bonds is 8. The number of fused-ring (bicyclic) bond motifs is 3. The Morgan fingerprint density at radius 1 is 0.971 bits per heavy atom. The highest BCUT2D eigenvalue weighted by molar-refractivity contribution is 6.02. The van der Waals surface area contributed by atoms with Gasteiger partial charge in [-0.15, -0.1) is 0 Å². The van der Waals surface area contributed by atoms with Crippen molar-refractivity contribution in [3.05, 3.63) is 89.0 Å². The minimum absolute atomic E-state index is 0.0644. The summed E-state index contributed by atoms with van der Waals surface area (Å²) in [5, 5.41) is 11.6. The van der Waals surface area contributed by atoms with E-state index in [-0.39, 0.29) is 31.4 Å². The number of amides is 2. The van der Waals surface area contributed by atoms with Crippen molar-refractivity contribution in [2.75, 3.05) is 25.5 Å². The monoisotopic (exact) mass is 472 g/mol. The predicted octanol–water partition coefficient (Wildman–Crippen LogP) is 5.16. The molecule has 0 aromatic heterocycles. The number of aryl methyl sites for hydroxylation is 1. The van der Waals surface area contributed by atoms with Crippen molar-refractivity contribution in [2.45, 2.75) is 25.7 Å². The lowest BCUT2D eigenvalue weighted by Crippen LogP contribution is -2.30. The molecule has 7 heteroatoms. The van der Waals surface area contributed by atoms with Gasteiger partial charge in [0, 0.05) is 19.5 Å². The number of carbonyl (C=O) groups is 3. The van der Waals surface area contributed by atoms with Gasteiger partial charge in [0.15, 0.2) is 0 Å². The molecule has 0 unspecified atom stereocenters. The van der Waals surface area contributed by atoms with Gasteiger partial charge >= 0.3 is 12.1 Å². The summed E-state index contributed by atoms with van der Waals surface area (Å²) in [6.07, 6.45) is -0.104. The molecule has 0 fully saturated rings. The molecular weight excluding hydrogens is 444 g/mol. The third kappa shape index (κ3) is 5.19. The number of hydrogen-bond donors (Lipinski definition) is 2. The molecule has 0 atom stereocenters. The van der Waals surface area contributed by atoms with Crippen LogP contribution in [0.1, 0.15) is 46.3 Å². The number of ether oxygens (including phenoxy) is 1. The van der Waals surface area contributed by atoms with E-state index in [4.69, 9.17) is 9.84 Å². The van der Waals surface area contributed by atoms with Crippen LogP contribution >= 0.6 is 0 Å². The zero-order chi connectivity index (χ0) is 24.9. The van der Waals surface area contributed by atoms with Crippen LogP contribution in [-0.2, 0) is 16.0 Å². The largest absolute Gasteiger partial charge is 0.481 e. The summed E-state index contributed by atoms with van der Waals surface area (Å²) in [7, 11) is 1.54. The molecule has 0 saturated carbocycles. The number of hydrogen-bond acceptors (Lipinski definition) is 4. The first kappa shape index (κ1) is 24.0. The fourth-order valence-electron chi connectivity index (χ4n) is 4.41. The maximum atomic E-state index is 13.0. The second-order valence-electron chi connectivity index (χ2n) is 8.55. The van der Waals surface area contributed by atoms with Crippen LogP contribution in [0.15, 0.2) is 66.7 Å². The minimum atomic E-state index is -0.982. The van der Waals surface area contributed by atoms with Crippen LogP contribution in [0.25, 0.3) is 11.1 Å². The third-order valence-corrected chi connectivity index (χ3v) is 6.31. The molecule has 0 bridgehead atoms. The topological polar surface area (TPSA) is 95.9 Å². The molecule has 3 aromatic rings. The number of carboxylic acids is 1. The van der Waals surface area contributed by atoms with E-state index in [1.807, 2.05) is 37.3 Å². The molecule has 7 nitrogen and oxygen atoms in total. The molecule has 0 spiro atoms. The van der Waals surface area contributed by atoms with E-state index in [1.165, 1.54) is 4.90 Å². The Bertz CT molecular complexity index is 1220. The number of carbonyl (C=O) groups excluding carboxylic acids is 2. The van der Waals surface area contributed by atoms with Crippen molar-refractivity contribution in [3.63, 3.8) is 0 Å². The summed E-state index contributed by atoms with van der Waals surface area (Å²) in [6, 6.07) is 21.4. The number of carboxylic acid groups (broad SMARTS) is 1. The highest BCUT2D eigenvalue weighted by atomic mass is 16.5. The number of nitrogens with zero attached hydrogens (tertiary/aromatic N) is 1. The normalized spacial score (nSPS) is 11.9. The molecule has 180 valence electrons. The van der Waals surface area contributed by atoms with Gasteiger partial charge in [-0.05, 0) is 46.4 Å². The molecule has 2 amide bonds. The molecular formula is C28H28N2O5. The first-order chi connectivity index (χ1) is 16.9. The van der Waals surface area contributed by atoms with Gasteiger partial charge in [-0.2, -0.15) is 0 Å². The fourth-order valence-corrected chi connectivity index (χ4v) is 4.41. The lowest BCUT2D eigenvalue weighted by molar-refractivity contribution is -0.137. The lowest BCUT2D eigenvalue weighted by Gasteiger charge is -2.20. The van der Waals surface area contributed by atoms with Crippen LogP contribution in [0.5, 0.6) is 0 Å². The molecule has 35 heavy (non-hydrogen) atoms. The molecule has 0 radical (unpaired) electrons. The molecule has 1 aliphatic carbocycles. The van der Waals surface area contributed by atoms with Gasteiger partial charge in [-0.25, -0.2) is 4.79 Å². The SMILES string of the molecule is CCc1ccc(NC(=O)OCC2c3ccccc3-c3ccccc32)c(C(=O)N(C)CCC(=O)O)c1. The summed E-state index contributed by atoms with van der Waals surface area (Å²) in [4.78, 5) is 38.0. The summed E-state index contributed by atoms with van der Waals surface area (Å²) < 4.78 is 5.62. The minimum Gasteiger partial charge on any atom is -0.481 e. The summed E-state index contributed by atoms with van der Waals surface area (Å²) in [5.41, 5.74) is 6.07. The number of aliphatic carboxylic acids is 1. The third-order valence-electron chi connectivity index (χ3n) is 6.31. The summed E-state index contributed by atoms with van der Waals surface area (Å²) >= 11 is 0. The van der Waals surface area contributed by atoms with E-state index in [1.54, 1.807) is 19.2 Å². The van der Waals surface area contributed by atoms with Gasteiger partial charge in [0.2, 0.25) is 0 Å². The van der Waals surface area contributed by atoms with Crippen molar-refractivity contribution < 1.29 is 24.2 Å². The second kappa shape index (κ2) is 10.4. The maximum Gasteiger partial charge on any atom is 0.411 e. The number of benzene rings is 3. The van der Waals surface area contributed by atoms with Crippen LogP contribution in [0.2, 0.25) is 0 Å². The van der Waals surface area contributed by atoms with Gasteiger partial charge < -0.3 is 14.7 Å². The first-order valence-electron chi connectivity index (χ1n) is 11.6. The number of anilines is 1. The molecule has 1 aliphatic rings. The Labute approximate surface area is 204 Å². The van der Waals surface area contributed by atoms with Crippen molar-refractivity contribution in [1.82, 2.24) is 4.90 Å². The van der Waals surface area contributed by atoms with Crippen LogP contribution in [-0.4, -0.2) is 48.2 Å². The van der Waals surface area contributed by atoms with E-state index in [9.17, 15) is 14.4 Å². The Morgan fingerprint density at radius 2 is 1.60 bits per heavy atom. The highest BCUT2D eigenvalue weighted by Crippen LogP contribution is 2.44. The zero-order valence-corrected chi connectivity index (χ0v) is 19.8. The van der Waals surface area contributed by atoms with Gasteiger partial charge in [0.1, 0.15) is 6.61 Å². The van der Waals surface area contributed by atoms with Crippen molar-refractivity contribution >= 4 is 23.7 Å². The van der Waals surface area contributed by atoms with E-state index >= 15 is 0 Å². The maximum absolute atomic E-state index is 13.0. The average Bonchev–Trinajstić information content (AvgIpc) is 3.19. The molecule has 0 saturated heterocycles. The van der Waals surface area contributed by atoms with Crippen molar-refractivity contribution in [1.29, 1.82) is 0 Å². The quantitative estimate of drug-likeness (QED) is 0.472. The Hall–Kier alpha value is -4.13. The van der Waals surface area contributed by atoms with Gasteiger partial charge in [-0.3, -0.25) is 14.9 Å². The van der Waals surface area contributed by atoms with Gasteiger partial charge in [0.25, 0.3) is 5.91 Å². The summed E-state index contributed by atoms with van der Waals surface area (Å²) in [5.74, 6) is -1.42.